The molecule has 6 nitrogen and oxygen atoms in total. The fourth-order valence-corrected chi connectivity index (χ4v) is 4.44. The summed E-state index contributed by atoms with van der Waals surface area (Å²) in [4.78, 5) is 21.7. The third-order valence-electron chi connectivity index (χ3n) is 4.66. The molecule has 2 heterocycles. The third kappa shape index (κ3) is 3.20. The van der Waals surface area contributed by atoms with Crippen molar-refractivity contribution in [2.45, 2.75) is 26.8 Å². The van der Waals surface area contributed by atoms with Crippen LogP contribution in [0.2, 0.25) is 5.02 Å². The average Bonchev–Trinajstić information content (AvgIpc) is 2.97. The Morgan fingerprint density at radius 3 is 2.67 bits per heavy atom. The van der Waals surface area contributed by atoms with Gasteiger partial charge in [0.15, 0.2) is 5.17 Å². The standard InChI is InChI=1S/C19H20ClN5OS/c1-4-24(5-2)18(26)15-11(3)23-19-25(17(22)14(10-21)27-19)16(15)12-8-6-7-9-13(12)20/h6-9,16H,4-5,22H2,1-3H3/t16-/m0/s1. The van der Waals surface area contributed by atoms with Gasteiger partial charge < -0.3 is 10.6 Å². The van der Waals surface area contributed by atoms with Gasteiger partial charge in [0.2, 0.25) is 0 Å². The van der Waals surface area contributed by atoms with E-state index in [-0.39, 0.29) is 5.91 Å². The Balaban J connectivity index is 2.23. The summed E-state index contributed by atoms with van der Waals surface area (Å²) >= 11 is 7.70. The van der Waals surface area contributed by atoms with Crippen LogP contribution in [0.1, 0.15) is 32.4 Å². The second kappa shape index (κ2) is 7.67. The molecule has 8 heteroatoms. The second-order valence-corrected chi connectivity index (χ2v) is 7.48. The van der Waals surface area contributed by atoms with Gasteiger partial charge in [0, 0.05) is 18.1 Å². The van der Waals surface area contributed by atoms with Gasteiger partial charge in [-0.05, 0) is 44.2 Å². The molecule has 140 valence electrons. The number of aliphatic imine (C=N–C) groups is 1. The Bertz CT molecular complexity index is 926. The predicted molar refractivity (Wildman–Crippen MR) is 109 cm³/mol. The van der Waals surface area contributed by atoms with Gasteiger partial charge in [0.1, 0.15) is 16.8 Å². The zero-order valence-electron chi connectivity index (χ0n) is 15.4. The van der Waals surface area contributed by atoms with Crippen molar-refractivity contribution in [3.63, 3.8) is 0 Å². The number of likely N-dealkylation sites (N-methyl/N-ethyl adjacent to an activating group) is 1. The molecule has 0 spiro atoms. The molecule has 0 unspecified atom stereocenters. The molecule has 2 aliphatic heterocycles. The quantitative estimate of drug-likeness (QED) is 0.833. The van der Waals surface area contributed by atoms with E-state index in [1.807, 2.05) is 39.0 Å². The maximum absolute atomic E-state index is 13.3. The lowest BCUT2D eigenvalue weighted by Gasteiger charge is -2.37. The lowest BCUT2D eigenvalue weighted by Crippen LogP contribution is -2.42. The van der Waals surface area contributed by atoms with Crippen LogP contribution in [0.5, 0.6) is 0 Å². The summed E-state index contributed by atoms with van der Waals surface area (Å²) in [5.74, 6) is 0.192. The lowest BCUT2D eigenvalue weighted by molar-refractivity contribution is -0.127. The van der Waals surface area contributed by atoms with Gasteiger partial charge in [-0.2, -0.15) is 5.26 Å². The Morgan fingerprint density at radius 2 is 2.07 bits per heavy atom. The molecule has 0 saturated heterocycles. The maximum atomic E-state index is 13.3. The van der Waals surface area contributed by atoms with Gasteiger partial charge in [-0.15, -0.1) is 0 Å². The van der Waals surface area contributed by atoms with Crippen molar-refractivity contribution < 1.29 is 4.79 Å². The number of thioether (sulfide) groups is 1. The molecular weight excluding hydrogens is 382 g/mol. The Labute approximate surface area is 168 Å². The minimum Gasteiger partial charge on any atom is -0.383 e. The van der Waals surface area contributed by atoms with Crippen LogP contribution in [0.4, 0.5) is 0 Å². The van der Waals surface area contributed by atoms with Crippen molar-refractivity contribution >= 4 is 34.4 Å². The van der Waals surface area contributed by atoms with Crippen LogP contribution in [-0.2, 0) is 4.79 Å². The van der Waals surface area contributed by atoms with Gasteiger partial charge in [-0.1, -0.05) is 29.8 Å². The number of carbonyl (C=O) groups excluding carboxylic acids is 1. The van der Waals surface area contributed by atoms with Gasteiger partial charge >= 0.3 is 0 Å². The highest BCUT2D eigenvalue weighted by Crippen LogP contribution is 2.46. The van der Waals surface area contributed by atoms with Gasteiger partial charge in [0.25, 0.3) is 5.91 Å². The summed E-state index contributed by atoms with van der Waals surface area (Å²) in [6.45, 7) is 6.86. The molecule has 0 aliphatic carbocycles. The minimum absolute atomic E-state index is 0.103. The van der Waals surface area contributed by atoms with E-state index >= 15 is 0 Å². The topological polar surface area (TPSA) is 85.7 Å². The molecule has 1 atom stereocenters. The molecule has 2 N–H and O–H groups in total. The van der Waals surface area contributed by atoms with Crippen LogP contribution >= 0.6 is 23.4 Å². The van der Waals surface area contributed by atoms with E-state index in [9.17, 15) is 10.1 Å². The van der Waals surface area contributed by atoms with Crippen molar-refractivity contribution in [3.05, 3.63) is 56.8 Å². The first-order chi connectivity index (χ1) is 12.9. The summed E-state index contributed by atoms with van der Waals surface area (Å²) < 4.78 is 0. The number of allylic oxidation sites excluding steroid dienone is 2. The fourth-order valence-electron chi connectivity index (χ4n) is 3.29. The molecular formula is C19H20ClN5OS. The smallest absolute Gasteiger partial charge is 0.254 e. The molecule has 27 heavy (non-hydrogen) atoms. The van der Waals surface area contributed by atoms with Crippen molar-refractivity contribution in [1.29, 1.82) is 5.26 Å². The predicted octanol–water partition coefficient (Wildman–Crippen LogP) is 3.59. The first kappa shape index (κ1) is 19.3. The Morgan fingerprint density at radius 1 is 1.41 bits per heavy atom. The van der Waals surface area contributed by atoms with E-state index in [0.29, 0.717) is 45.3 Å². The average molecular weight is 402 g/mol. The fraction of sp³-hybridized carbons (Fsp3) is 0.316. The van der Waals surface area contributed by atoms with Crippen molar-refractivity contribution in [1.82, 2.24) is 9.80 Å². The van der Waals surface area contributed by atoms with E-state index in [1.54, 1.807) is 15.9 Å². The molecule has 0 bridgehead atoms. The summed E-state index contributed by atoms with van der Waals surface area (Å²) in [7, 11) is 0. The largest absolute Gasteiger partial charge is 0.383 e. The number of nitrogens with two attached hydrogens (primary N) is 1. The molecule has 3 rings (SSSR count). The number of fused-ring (bicyclic) bond motifs is 1. The number of carbonyl (C=O) groups is 1. The summed E-state index contributed by atoms with van der Waals surface area (Å²) in [6.07, 6.45) is 0. The number of hydrogen-bond donors (Lipinski definition) is 1. The number of amidine groups is 1. The van der Waals surface area contributed by atoms with Crippen LogP contribution in [0.3, 0.4) is 0 Å². The van der Waals surface area contributed by atoms with Crippen LogP contribution in [0.15, 0.2) is 51.3 Å². The highest BCUT2D eigenvalue weighted by Gasteiger charge is 2.43. The van der Waals surface area contributed by atoms with E-state index in [4.69, 9.17) is 17.3 Å². The highest BCUT2D eigenvalue weighted by molar-refractivity contribution is 8.17. The molecule has 0 aromatic heterocycles. The van der Waals surface area contributed by atoms with E-state index < -0.39 is 6.04 Å². The van der Waals surface area contributed by atoms with Gasteiger partial charge in [0.05, 0.1) is 17.3 Å². The zero-order valence-corrected chi connectivity index (χ0v) is 16.9. The van der Waals surface area contributed by atoms with Gasteiger partial charge in [-0.25, -0.2) is 4.99 Å². The Kier molecular flexibility index (Phi) is 5.49. The van der Waals surface area contributed by atoms with Gasteiger partial charge in [-0.3, -0.25) is 9.69 Å². The van der Waals surface area contributed by atoms with Crippen molar-refractivity contribution in [2.75, 3.05) is 13.1 Å². The third-order valence-corrected chi connectivity index (χ3v) is 5.98. The molecule has 0 saturated carbocycles. The second-order valence-electron chi connectivity index (χ2n) is 6.09. The van der Waals surface area contributed by atoms with Crippen LogP contribution < -0.4 is 5.73 Å². The molecule has 2 aliphatic rings. The zero-order chi connectivity index (χ0) is 19.7. The minimum atomic E-state index is -0.530. The summed E-state index contributed by atoms with van der Waals surface area (Å²) in [5, 5.41) is 10.5. The highest BCUT2D eigenvalue weighted by atomic mass is 35.5. The number of amides is 1. The summed E-state index contributed by atoms with van der Waals surface area (Å²) in [5.41, 5.74) is 8.16. The maximum Gasteiger partial charge on any atom is 0.254 e. The van der Waals surface area contributed by atoms with Crippen LogP contribution in [-0.4, -0.2) is 34.0 Å². The number of nitriles is 1. The normalized spacial score (nSPS) is 19.0. The molecule has 1 amide bonds. The molecule has 0 radical (unpaired) electrons. The number of benzene rings is 1. The van der Waals surface area contributed by atoms with E-state index in [0.717, 1.165) is 5.56 Å². The SMILES string of the molecule is CCN(CC)C(=O)C1=C(C)N=C2SC(C#N)=C(N)N2[C@H]1c1ccccc1Cl. The number of halogens is 1. The lowest BCUT2D eigenvalue weighted by atomic mass is 9.93. The first-order valence-electron chi connectivity index (χ1n) is 8.64. The van der Waals surface area contributed by atoms with Crippen LogP contribution in [0.25, 0.3) is 0 Å². The van der Waals surface area contributed by atoms with Crippen molar-refractivity contribution in [3.8, 4) is 6.07 Å². The monoisotopic (exact) mass is 401 g/mol. The Hall–Kier alpha value is -2.43. The molecule has 1 aromatic carbocycles. The summed E-state index contributed by atoms with van der Waals surface area (Å²) in [6, 6.07) is 8.95. The number of nitrogens with zero attached hydrogens (tertiary/aromatic N) is 4. The van der Waals surface area contributed by atoms with Crippen LogP contribution in [0, 0.1) is 11.3 Å². The molecule has 1 aromatic rings. The van der Waals surface area contributed by atoms with E-state index in [1.165, 1.54) is 11.8 Å². The first-order valence-corrected chi connectivity index (χ1v) is 9.84. The number of hydrogen-bond acceptors (Lipinski definition) is 6. The van der Waals surface area contributed by atoms with E-state index in [2.05, 4.69) is 11.1 Å². The number of rotatable bonds is 4. The van der Waals surface area contributed by atoms with Crippen molar-refractivity contribution in [2.24, 2.45) is 10.7 Å². The molecule has 0 fully saturated rings.